The zero-order chi connectivity index (χ0) is 13.8. The highest BCUT2D eigenvalue weighted by molar-refractivity contribution is 9.11. The van der Waals surface area contributed by atoms with Crippen LogP contribution >= 0.6 is 43.5 Å². The highest BCUT2D eigenvalue weighted by Gasteiger charge is 2.09. The maximum atomic E-state index is 9.22. The fraction of sp³-hybridized carbons (Fsp3) is 0.143. The molecule has 0 unspecified atom stereocenters. The fourth-order valence-electron chi connectivity index (χ4n) is 1.58. The van der Waals surface area contributed by atoms with Crippen molar-refractivity contribution in [2.45, 2.75) is 12.5 Å². The van der Waals surface area contributed by atoms with E-state index in [9.17, 15) is 5.11 Å². The number of hydrogen-bond acceptors (Lipinski definition) is 2. The summed E-state index contributed by atoms with van der Waals surface area (Å²) >= 11 is 12.7. The number of hydrogen-bond donors (Lipinski definition) is 1. The van der Waals surface area contributed by atoms with Gasteiger partial charge in [-0.2, -0.15) is 0 Å². The molecule has 0 heterocycles. The summed E-state index contributed by atoms with van der Waals surface area (Å²) in [5.74, 6) is 1.44. The zero-order valence-electron chi connectivity index (χ0n) is 9.87. The lowest BCUT2D eigenvalue weighted by Crippen LogP contribution is -1.97. The average Bonchev–Trinajstić information content (AvgIpc) is 2.39. The van der Waals surface area contributed by atoms with Crippen molar-refractivity contribution in [2.24, 2.45) is 0 Å². The van der Waals surface area contributed by atoms with Crippen LogP contribution in [-0.4, -0.2) is 5.11 Å². The van der Waals surface area contributed by atoms with E-state index in [4.69, 9.17) is 16.3 Å². The number of halogens is 3. The van der Waals surface area contributed by atoms with Crippen LogP contribution in [0.3, 0.4) is 0 Å². The van der Waals surface area contributed by atoms with Crippen LogP contribution in [0, 0.1) is 0 Å². The van der Waals surface area contributed by atoms with Gasteiger partial charge in [0.2, 0.25) is 0 Å². The Kier molecular flexibility index (Phi) is 5.13. The summed E-state index contributed by atoms with van der Waals surface area (Å²) in [6.07, 6.45) is 0. The van der Waals surface area contributed by atoms with Crippen molar-refractivity contribution in [3.05, 3.63) is 56.5 Å². The summed E-state index contributed by atoms with van der Waals surface area (Å²) in [7, 11) is 0. The van der Waals surface area contributed by atoms with Crippen LogP contribution in [0.2, 0.25) is 0 Å². The van der Waals surface area contributed by atoms with Gasteiger partial charge in [-0.05, 0) is 67.3 Å². The summed E-state index contributed by atoms with van der Waals surface area (Å²) in [5.41, 5.74) is 2.00. The van der Waals surface area contributed by atoms with Gasteiger partial charge in [0.1, 0.15) is 18.1 Å². The predicted octanol–water partition coefficient (Wildman–Crippen LogP) is 5.24. The molecule has 0 aromatic heterocycles. The third kappa shape index (κ3) is 3.88. The first-order valence-electron chi connectivity index (χ1n) is 5.54. The Morgan fingerprint density at radius 3 is 2.11 bits per heavy atom. The monoisotopic (exact) mass is 404 g/mol. The minimum Gasteiger partial charge on any atom is -0.508 e. The Morgan fingerprint density at radius 1 is 1.00 bits per heavy atom. The van der Waals surface area contributed by atoms with Crippen LogP contribution in [0.1, 0.15) is 11.1 Å². The van der Waals surface area contributed by atoms with Crippen LogP contribution in [0.5, 0.6) is 11.5 Å². The molecule has 0 aliphatic carbocycles. The highest BCUT2D eigenvalue weighted by atomic mass is 79.9. The van der Waals surface area contributed by atoms with Crippen molar-refractivity contribution in [1.29, 1.82) is 0 Å². The molecule has 0 amide bonds. The molecule has 0 radical (unpaired) electrons. The van der Waals surface area contributed by atoms with Gasteiger partial charge in [-0.3, -0.25) is 0 Å². The number of phenols is 1. The Balaban J connectivity index is 2.13. The van der Waals surface area contributed by atoms with Crippen LogP contribution in [0.25, 0.3) is 0 Å². The molecule has 2 aromatic carbocycles. The van der Waals surface area contributed by atoms with Crippen LogP contribution in [-0.2, 0) is 12.5 Å². The van der Waals surface area contributed by atoms with Crippen molar-refractivity contribution < 1.29 is 9.84 Å². The van der Waals surface area contributed by atoms with Gasteiger partial charge in [0.25, 0.3) is 0 Å². The first kappa shape index (κ1) is 14.7. The molecular formula is C14H11Br2ClO2. The van der Waals surface area contributed by atoms with E-state index in [0.717, 1.165) is 25.8 Å². The van der Waals surface area contributed by atoms with Gasteiger partial charge in [0, 0.05) is 5.88 Å². The van der Waals surface area contributed by atoms with E-state index in [2.05, 4.69) is 31.9 Å². The molecule has 2 aromatic rings. The summed E-state index contributed by atoms with van der Waals surface area (Å²) in [6.45, 7) is 0.428. The van der Waals surface area contributed by atoms with E-state index < -0.39 is 0 Å². The summed E-state index contributed by atoms with van der Waals surface area (Å²) in [6, 6.07) is 10.8. The van der Waals surface area contributed by atoms with E-state index in [-0.39, 0.29) is 5.75 Å². The van der Waals surface area contributed by atoms with Gasteiger partial charge < -0.3 is 9.84 Å². The SMILES string of the molecule is Oc1ccc(COc2c(Br)cc(CCl)cc2Br)cc1. The molecule has 0 aliphatic heterocycles. The summed E-state index contributed by atoms with van der Waals surface area (Å²) < 4.78 is 7.49. The van der Waals surface area contributed by atoms with Gasteiger partial charge in [0.15, 0.2) is 0 Å². The standard InChI is InChI=1S/C14H11Br2ClO2/c15-12-5-10(7-17)6-13(16)14(12)19-8-9-1-3-11(18)4-2-9/h1-6,18H,7-8H2. The molecule has 0 saturated heterocycles. The smallest absolute Gasteiger partial charge is 0.148 e. The second kappa shape index (κ2) is 6.64. The Morgan fingerprint density at radius 2 is 1.58 bits per heavy atom. The number of rotatable bonds is 4. The van der Waals surface area contributed by atoms with Crippen LogP contribution < -0.4 is 4.74 Å². The number of phenolic OH excluding ortho intramolecular Hbond substituents is 1. The number of ether oxygens (including phenoxy) is 1. The second-order valence-electron chi connectivity index (χ2n) is 3.98. The molecule has 2 rings (SSSR count). The lowest BCUT2D eigenvalue weighted by molar-refractivity contribution is 0.302. The predicted molar refractivity (Wildman–Crippen MR) is 83.8 cm³/mol. The van der Waals surface area contributed by atoms with Gasteiger partial charge in [-0.25, -0.2) is 0 Å². The Bertz CT molecular complexity index is 547. The molecule has 0 bridgehead atoms. The molecule has 0 aliphatic rings. The fourth-order valence-corrected chi connectivity index (χ4v) is 3.24. The molecule has 1 N–H and O–H groups in total. The third-order valence-corrected chi connectivity index (χ3v) is 4.02. The minimum absolute atomic E-state index is 0.248. The van der Waals surface area contributed by atoms with E-state index >= 15 is 0 Å². The summed E-state index contributed by atoms with van der Waals surface area (Å²) in [5, 5.41) is 9.22. The van der Waals surface area contributed by atoms with Gasteiger partial charge in [0.05, 0.1) is 8.95 Å². The van der Waals surface area contributed by atoms with Crippen molar-refractivity contribution in [1.82, 2.24) is 0 Å². The van der Waals surface area contributed by atoms with Crippen molar-refractivity contribution in [2.75, 3.05) is 0 Å². The number of alkyl halides is 1. The molecular weight excluding hydrogens is 395 g/mol. The largest absolute Gasteiger partial charge is 0.508 e. The quantitative estimate of drug-likeness (QED) is 0.704. The first-order chi connectivity index (χ1) is 9.10. The first-order valence-corrected chi connectivity index (χ1v) is 7.67. The second-order valence-corrected chi connectivity index (χ2v) is 5.95. The van der Waals surface area contributed by atoms with E-state index in [1.54, 1.807) is 12.1 Å². The summed E-state index contributed by atoms with van der Waals surface area (Å²) in [4.78, 5) is 0. The lowest BCUT2D eigenvalue weighted by atomic mass is 10.2. The maximum Gasteiger partial charge on any atom is 0.148 e. The van der Waals surface area contributed by atoms with Crippen LogP contribution in [0.4, 0.5) is 0 Å². The molecule has 19 heavy (non-hydrogen) atoms. The normalized spacial score (nSPS) is 10.5. The van der Waals surface area contributed by atoms with Crippen LogP contribution in [0.15, 0.2) is 45.3 Å². The molecule has 0 atom stereocenters. The van der Waals surface area contributed by atoms with E-state index in [1.807, 2.05) is 24.3 Å². The van der Waals surface area contributed by atoms with E-state index in [0.29, 0.717) is 12.5 Å². The zero-order valence-corrected chi connectivity index (χ0v) is 13.8. The molecule has 0 saturated carbocycles. The molecule has 2 nitrogen and oxygen atoms in total. The molecule has 0 fully saturated rings. The number of benzene rings is 2. The minimum atomic E-state index is 0.248. The average molecular weight is 407 g/mol. The van der Waals surface area contributed by atoms with Gasteiger partial charge >= 0.3 is 0 Å². The topological polar surface area (TPSA) is 29.5 Å². The number of aromatic hydroxyl groups is 1. The van der Waals surface area contributed by atoms with Crippen molar-refractivity contribution in [3.63, 3.8) is 0 Å². The van der Waals surface area contributed by atoms with E-state index in [1.165, 1.54) is 0 Å². The van der Waals surface area contributed by atoms with Gasteiger partial charge in [-0.1, -0.05) is 12.1 Å². The molecule has 5 heteroatoms. The molecule has 100 valence electrons. The van der Waals surface area contributed by atoms with Crippen molar-refractivity contribution >= 4 is 43.5 Å². The Labute approximate surface area is 133 Å². The van der Waals surface area contributed by atoms with Crippen molar-refractivity contribution in [3.8, 4) is 11.5 Å². The Hall–Kier alpha value is -0.710. The van der Waals surface area contributed by atoms with Gasteiger partial charge in [-0.15, -0.1) is 11.6 Å². The maximum absolute atomic E-state index is 9.22. The molecule has 0 spiro atoms. The highest BCUT2D eigenvalue weighted by Crippen LogP contribution is 2.35. The third-order valence-electron chi connectivity index (χ3n) is 2.53. The lowest BCUT2D eigenvalue weighted by Gasteiger charge is -2.11.